The molecule has 0 bridgehead atoms. The molecular weight excluding hydrogens is 250 g/mol. The number of aromatic nitrogens is 3. The third-order valence-electron chi connectivity index (χ3n) is 2.70. The molecule has 1 N–H and O–H groups in total. The summed E-state index contributed by atoms with van der Waals surface area (Å²) in [5, 5.41) is 18.4. The molecule has 3 aromatic rings. The summed E-state index contributed by atoms with van der Waals surface area (Å²) in [6.45, 7) is 2.01. The molecule has 2 aromatic carbocycles. The summed E-state index contributed by atoms with van der Waals surface area (Å²) in [5.74, 6) is 0.0490. The van der Waals surface area contributed by atoms with Crippen LogP contribution in [0, 0.1) is 6.92 Å². The molecule has 0 amide bonds. The Hall–Kier alpha value is -2.07. The molecule has 0 fully saturated rings. The lowest BCUT2D eigenvalue weighted by Gasteiger charge is -2.00. The fourth-order valence-electron chi connectivity index (χ4n) is 1.76. The van der Waals surface area contributed by atoms with Crippen molar-refractivity contribution >= 4 is 22.6 Å². The lowest BCUT2D eigenvalue weighted by atomic mass is 10.2. The fourth-order valence-corrected chi connectivity index (χ4v) is 1.94. The van der Waals surface area contributed by atoms with Crippen LogP contribution in [0.3, 0.4) is 0 Å². The van der Waals surface area contributed by atoms with Crippen molar-refractivity contribution in [2.45, 2.75) is 6.92 Å². The first-order valence-electron chi connectivity index (χ1n) is 5.46. The number of rotatable bonds is 1. The van der Waals surface area contributed by atoms with Crippen molar-refractivity contribution < 1.29 is 5.11 Å². The van der Waals surface area contributed by atoms with Crippen LogP contribution < -0.4 is 0 Å². The van der Waals surface area contributed by atoms with Gasteiger partial charge in [-0.05, 0) is 42.8 Å². The maximum Gasteiger partial charge on any atom is 0.134 e. The van der Waals surface area contributed by atoms with Gasteiger partial charge in [-0.2, -0.15) is 4.80 Å². The van der Waals surface area contributed by atoms with Crippen LogP contribution in [0.5, 0.6) is 5.75 Å². The van der Waals surface area contributed by atoms with Gasteiger partial charge >= 0.3 is 0 Å². The molecule has 1 heterocycles. The number of aryl methyl sites for hydroxylation is 1. The number of halogens is 1. The van der Waals surface area contributed by atoms with Crippen molar-refractivity contribution in [1.82, 2.24) is 15.0 Å². The number of fused-ring (bicyclic) bond motifs is 1. The predicted octanol–water partition coefficient (Wildman–Crippen LogP) is 3.09. The molecule has 4 nitrogen and oxygen atoms in total. The van der Waals surface area contributed by atoms with Gasteiger partial charge in [-0.25, -0.2) is 0 Å². The summed E-state index contributed by atoms with van der Waals surface area (Å²) in [6, 6.07) is 10.8. The molecule has 0 atom stereocenters. The zero-order valence-electron chi connectivity index (χ0n) is 9.63. The Morgan fingerprint density at radius 2 is 1.83 bits per heavy atom. The average molecular weight is 260 g/mol. The van der Waals surface area contributed by atoms with Crippen LogP contribution in [0.1, 0.15) is 5.56 Å². The monoisotopic (exact) mass is 259 g/mol. The van der Waals surface area contributed by atoms with Gasteiger partial charge in [-0.15, -0.1) is 10.2 Å². The average Bonchev–Trinajstić information content (AvgIpc) is 2.75. The van der Waals surface area contributed by atoms with Gasteiger partial charge in [0, 0.05) is 0 Å². The predicted molar refractivity (Wildman–Crippen MR) is 70.3 cm³/mol. The van der Waals surface area contributed by atoms with Gasteiger partial charge in [0.1, 0.15) is 16.8 Å². The molecule has 0 saturated carbocycles. The van der Waals surface area contributed by atoms with E-state index in [2.05, 4.69) is 10.2 Å². The molecular formula is C13H10ClN3O. The second-order valence-electron chi connectivity index (χ2n) is 4.12. The summed E-state index contributed by atoms with van der Waals surface area (Å²) < 4.78 is 0. The van der Waals surface area contributed by atoms with E-state index in [1.165, 1.54) is 10.9 Å². The van der Waals surface area contributed by atoms with Crippen LogP contribution in [0.2, 0.25) is 5.02 Å². The zero-order chi connectivity index (χ0) is 12.7. The van der Waals surface area contributed by atoms with Crippen molar-refractivity contribution in [3.63, 3.8) is 0 Å². The summed E-state index contributed by atoms with van der Waals surface area (Å²) in [6.07, 6.45) is 0. The van der Waals surface area contributed by atoms with E-state index in [1.54, 1.807) is 12.1 Å². The van der Waals surface area contributed by atoms with Gasteiger partial charge in [0.2, 0.25) is 0 Å². The smallest absolute Gasteiger partial charge is 0.134 e. The molecule has 5 heteroatoms. The molecule has 3 rings (SSSR count). The largest absolute Gasteiger partial charge is 0.506 e. The first-order chi connectivity index (χ1) is 8.63. The SMILES string of the molecule is Cc1ccc2nn(-c3ccc(O)c(Cl)c3)nc2c1. The highest BCUT2D eigenvalue weighted by Gasteiger charge is 2.06. The normalized spacial score (nSPS) is 11.0. The van der Waals surface area contributed by atoms with E-state index in [0.29, 0.717) is 5.69 Å². The van der Waals surface area contributed by atoms with E-state index < -0.39 is 0 Å². The lowest BCUT2D eigenvalue weighted by Crippen LogP contribution is -1.97. The number of benzene rings is 2. The number of aromatic hydroxyl groups is 1. The van der Waals surface area contributed by atoms with Crippen LogP contribution >= 0.6 is 11.6 Å². The minimum absolute atomic E-state index is 0.0490. The Morgan fingerprint density at radius 3 is 2.61 bits per heavy atom. The van der Waals surface area contributed by atoms with E-state index >= 15 is 0 Å². The van der Waals surface area contributed by atoms with Crippen LogP contribution in [0.4, 0.5) is 0 Å². The first kappa shape index (κ1) is 11.0. The standard InChI is InChI=1S/C13H10ClN3O/c1-8-2-4-11-12(6-8)16-17(15-11)9-3-5-13(18)10(14)7-9/h2-7,18H,1H3. The lowest BCUT2D eigenvalue weighted by molar-refractivity contribution is 0.475. The molecule has 0 aliphatic heterocycles. The topological polar surface area (TPSA) is 50.9 Å². The van der Waals surface area contributed by atoms with Gasteiger partial charge in [-0.3, -0.25) is 0 Å². The molecule has 18 heavy (non-hydrogen) atoms. The Labute approximate surface area is 108 Å². The molecule has 0 radical (unpaired) electrons. The first-order valence-corrected chi connectivity index (χ1v) is 5.84. The van der Waals surface area contributed by atoms with Crippen molar-refractivity contribution in [3.8, 4) is 11.4 Å². The van der Waals surface area contributed by atoms with Gasteiger partial charge in [-0.1, -0.05) is 17.7 Å². The number of phenolic OH excluding ortho intramolecular Hbond substituents is 1. The number of hydrogen-bond donors (Lipinski definition) is 1. The number of hydrogen-bond acceptors (Lipinski definition) is 3. The number of phenols is 1. The molecule has 0 aliphatic rings. The molecule has 0 saturated heterocycles. The minimum Gasteiger partial charge on any atom is -0.506 e. The highest BCUT2D eigenvalue weighted by atomic mass is 35.5. The van der Waals surface area contributed by atoms with Crippen LogP contribution in [-0.2, 0) is 0 Å². The van der Waals surface area contributed by atoms with E-state index in [0.717, 1.165) is 16.6 Å². The second kappa shape index (κ2) is 3.99. The van der Waals surface area contributed by atoms with Crippen molar-refractivity contribution in [3.05, 3.63) is 47.0 Å². The van der Waals surface area contributed by atoms with Gasteiger partial charge < -0.3 is 5.11 Å². The van der Waals surface area contributed by atoms with E-state index in [-0.39, 0.29) is 10.8 Å². The van der Waals surface area contributed by atoms with Gasteiger partial charge in [0.15, 0.2) is 0 Å². The van der Waals surface area contributed by atoms with Gasteiger partial charge in [0.25, 0.3) is 0 Å². The number of nitrogens with zero attached hydrogens (tertiary/aromatic N) is 3. The highest BCUT2D eigenvalue weighted by Crippen LogP contribution is 2.25. The zero-order valence-corrected chi connectivity index (χ0v) is 10.4. The summed E-state index contributed by atoms with van der Waals surface area (Å²) in [7, 11) is 0. The maximum absolute atomic E-state index is 9.38. The molecule has 0 aliphatic carbocycles. The van der Waals surface area contributed by atoms with Crippen molar-refractivity contribution in [2.75, 3.05) is 0 Å². The minimum atomic E-state index is 0.0490. The third-order valence-corrected chi connectivity index (χ3v) is 3.00. The van der Waals surface area contributed by atoms with Crippen LogP contribution in [0.15, 0.2) is 36.4 Å². The Morgan fingerprint density at radius 1 is 1.06 bits per heavy atom. The van der Waals surface area contributed by atoms with Crippen LogP contribution in [-0.4, -0.2) is 20.1 Å². The molecule has 0 spiro atoms. The quantitative estimate of drug-likeness (QED) is 0.731. The second-order valence-corrected chi connectivity index (χ2v) is 4.52. The maximum atomic E-state index is 9.38. The summed E-state index contributed by atoms with van der Waals surface area (Å²) >= 11 is 5.87. The Kier molecular flexibility index (Phi) is 2.45. The van der Waals surface area contributed by atoms with Crippen molar-refractivity contribution in [2.24, 2.45) is 0 Å². The fraction of sp³-hybridized carbons (Fsp3) is 0.0769. The van der Waals surface area contributed by atoms with Crippen LogP contribution in [0.25, 0.3) is 16.7 Å². The van der Waals surface area contributed by atoms with Gasteiger partial charge in [0.05, 0.1) is 10.7 Å². The van der Waals surface area contributed by atoms with E-state index in [4.69, 9.17) is 11.6 Å². The summed E-state index contributed by atoms with van der Waals surface area (Å²) in [4.78, 5) is 1.51. The molecule has 90 valence electrons. The Bertz CT molecular complexity index is 736. The van der Waals surface area contributed by atoms with E-state index in [1.807, 2.05) is 25.1 Å². The molecule has 1 aromatic heterocycles. The Balaban J connectivity index is 2.16. The molecule has 0 unspecified atom stereocenters. The third kappa shape index (κ3) is 1.80. The van der Waals surface area contributed by atoms with Crippen molar-refractivity contribution in [1.29, 1.82) is 0 Å². The highest BCUT2D eigenvalue weighted by molar-refractivity contribution is 6.32. The van der Waals surface area contributed by atoms with E-state index in [9.17, 15) is 5.11 Å². The summed E-state index contributed by atoms with van der Waals surface area (Å²) in [5.41, 5.74) is 3.51.